The summed E-state index contributed by atoms with van der Waals surface area (Å²) in [7, 11) is -2.12. The summed E-state index contributed by atoms with van der Waals surface area (Å²) in [6.07, 6.45) is 4.00. The molecule has 0 spiro atoms. The molecule has 0 saturated carbocycles. The number of fused-ring (bicyclic) bond motifs is 1. The van der Waals surface area contributed by atoms with Gasteiger partial charge in [0.1, 0.15) is 29.2 Å². The number of methoxy groups -OCH3 is 1. The van der Waals surface area contributed by atoms with Crippen LogP contribution in [0.5, 0.6) is 11.5 Å². The highest BCUT2D eigenvalue weighted by molar-refractivity contribution is 7.86. The molecule has 8 nitrogen and oxygen atoms in total. The first-order chi connectivity index (χ1) is 10.5. The van der Waals surface area contributed by atoms with Gasteiger partial charge in [0, 0.05) is 6.07 Å². The molecule has 0 atom stereocenters. The summed E-state index contributed by atoms with van der Waals surface area (Å²) < 4.78 is 32.5. The molecule has 0 aliphatic carbocycles. The molecule has 0 amide bonds. The Balaban J connectivity index is 2.06. The molecule has 1 aromatic carbocycles. The van der Waals surface area contributed by atoms with Crippen molar-refractivity contribution < 1.29 is 17.3 Å². The normalized spacial score (nSPS) is 11.5. The Labute approximate surface area is 126 Å². The lowest BCUT2D eigenvalue weighted by Crippen LogP contribution is -2.05. The topological polar surface area (TPSA) is 107 Å². The van der Waals surface area contributed by atoms with Gasteiger partial charge in [-0.3, -0.25) is 0 Å². The first-order valence-electron chi connectivity index (χ1n) is 6.20. The van der Waals surface area contributed by atoms with Gasteiger partial charge in [-0.25, -0.2) is 15.0 Å². The van der Waals surface area contributed by atoms with Crippen LogP contribution in [0.15, 0.2) is 30.7 Å². The summed E-state index contributed by atoms with van der Waals surface area (Å²) in [5.74, 6) is 1.13. The molecule has 0 fully saturated rings. The van der Waals surface area contributed by atoms with Crippen LogP contribution in [0.25, 0.3) is 22.6 Å². The van der Waals surface area contributed by atoms with Crippen LogP contribution in [0.4, 0.5) is 0 Å². The molecule has 0 aliphatic rings. The van der Waals surface area contributed by atoms with Crippen molar-refractivity contribution in [3.63, 3.8) is 0 Å². The molecule has 22 heavy (non-hydrogen) atoms. The predicted octanol–water partition coefficient (Wildman–Crippen LogP) is 1.37. The van der Waals surface area contributed by atoms with Crippen molar-refractivity contribution >= 4 is 21.3 Å². The third-order valence-corrected chi connectivity index (χ3v) is 3.33. The van der Waals surface area contributed by atoms with Crippen LogP contribution in [0.1, 0.15) is 0 Å². The maximum Gasteiger partial charge on any atom is 0.306 e. The van der Waals surface area contributed by atoms with Gasteiger partial charge in [-0.2, -0.15) is 8.42 Å². The number of benzene rings is 1. The van der Waals surface area contributed by atoms with Crippen molar-refractivity contribution in [2.45, 2.75) is 0 Å². The molecule has 0 bridgehead atoms. The highest BCUT2D eigenvalue weighted by Gasteiger charge is 2.14. The zero-order chi connectivity index (χ0) is 15.7. The van der Waals surface area contributed by atoms with Gasteiger partial charge in [0.05, 0.1) is 25.1 Å². The highest BCUT2D eigenvalue weighted by atomic mass is 32.2. The van der Waals surface area contributed by atoms with Crippen LogP contribution in [-0.4, -0.2) is 41.7 Å². The number of aromatic nitrogens is 4. The molecular weight excluding hydrogens is 308 g/mol. The monoisotopic (exact) mass is 320 g/mol. The second-order valence-corrected chi connectivity index (χ2v) is 6.07. The quantitative estimate of drug-likeness (QED) is 0.723. The molecule has 3 aromatic rings. The van der Waals surface area contributed by atoms with E-state index < -0.39 is 10.1 Å². The van der Waals surface area contributed by atoms with Gasteiger partial charge in [-0.05, 0) is 12.1 Å². The minimum absolute atomic E-state index is 0.166. The Hall–Kier alpha value is -2.68. The Morgan fingerprint density at radius 2 is 2.09 bits per heavy atom. The van der Waals surface area contributed by atoms with Crippen LogP contribution in [0.2, 0.25) is 0 Å². The van der Waals surface area contributed by atoms with Gasteiger partial charge < -0.3 is 13.9 Å². The summed E-state index contributed by atoms with van der Waals surface area (Å²) in [4.78, 5) is 15.4. The Kier molecular flexibility index (Phi) is 3.41. The molecule has 1 N–H and O–H groups in total. The summed E-state index contributed by atoms with van der Waals surface area (Å²) in [5.41, 5.74) is 1.88. The maximum absolute atomic E-state index is 11.2. The van der Waals surface area contributed by atoms with Gasteiger partial charge >= 0.3 is 10.1 Å². The standard InChI is InChI=1S/C13H12N4O4S/c1-20-11-5-8(21-22(2,18)19)3-4-9(11)12-16-10-6-14-7-15-13(10)17-12/h3-7H,1-2H3,(H,14,15,16,17). The third kappa shape index (κ3) is 2.84. The average Bonchev–Trinajstić information content (AvgIpc) is 2.89. The van der Waals surface area contributed by atoms with Crippen LogP contribution in [-0.2, 0) is 10.1 Å². The lowest BCUT2D eigenvalue weighted by atomic mass is 10.2. The SMILES string of the molecule is COc1cc(OS(C)(=O)=O)ccc1-c1nc2ncncc2[nH]1. The third-order valence-electron chi connectivity index (χ3n) is 2.84. The molecule has 0 unspecified atom stereocenters. The van der Waals surface area contributed by atoms with Gasteiger partial charge in [0.2, 0.25) is 0 Å². The molecular formula is C13H12N4O4S. The Morgan fingerprint density at radius 3 is 2.77 bits per heavy atom. The van der Waals surface area contributed by atoms with Gasteiger partial charge in [0.25, 0.3) is 0 Å². The number of ether oxygens (including phenoxy) is 1. The van der Waals surface area contributed by atoms with E-state index in [4.69, 9.17) is 8.92 Å². The molecule has 9 heteroatoms. The van der Waals surface area contributed by atoms with Crippen molar-refractivity contribution in [1.29, 1.82) is 0 Å². The van der Waals surface area contributed by atoms with E-state index in [1.807, 2.05) is 0 Å². The number of rotatable bonds is 4. The van der Waals surface area contributed by atoms with Crippen molar-refractivity contribution in [2.24, 2.45) is 0 Å². The summed E-state index contributed by atoms with van der Waals surface area (Å²) in [5, 5.41) is 0. The fourth-order valence-electron chi connectivity index (χ4n) is 1.98. The number of imidazole rings is 1. The summed E-state index contributed by atoms with van der Waals surface area (Å²) in [6, 6.07) is 4.66. The van der Waals surface area contributed by atoms with Crippen molar-refractivity contribution in [3.05, 3.63) is 30.7 Å². The van der Waals surface area contributed by atoms with E-state index in [-0.39, 0.29) is 5.75 Å². The van der Waals surface area contributed by atoms with Crippen molar-refractivity contribution in [1.82, 2.24) is 19.9 Å². The second-order valence-electron chi connectivity index (χ2n) is 4.49. The number of aromatic amines is 1. The minimum Gasteiger partial charge on any atom is -0.496 e. The van der Waals surface area contributed by atoms with Crippen LogP contribution < -0.4 is 8.92 Å². The van der Waals surface area contributed by atoms with Crippen molar-refractivity contribution in [2.75, 3.05) is 13.4 Å². The van der Waals surface area contributed by atoms with Crippen molar-refractivity contribution in [3.8, 4) is 22.9 Å². The summed E-state index contributed by atoms with van der Waals surface area (Å²) in [6.45, 7) is 0. The molecule has 0 radical (unpaired) electrons. The average molecular weight is 320 g/mol. The largest absolute Gasteiger partial charge is 0.496 e. The molecule has 0 saturated heterocycles. The van der Waals surface area contributed by atoms with E-state index in [1.165, 1.54) is 25.6 Å². The molecule has 3 rings (SSSR count). The number of nitrogens with zero attached hydrogens (tertiary/aromatic N) is 3. The predicted molar refractivity (Wildman–Crippen MR) is 79.1 cm³/mol. The Morgan fingerprint density at radius 1 is 1.27 bits per heavy atom. The van der Waals surface area contributed by atoms with E-state index >= 15 is 0 Å². The zero-order valence-electron chi connectivity index (χ0n) is 11.8. The minimum atomic E-state index is -3.60. The molecule has 114 valence electrons. The van der Waals surface area contributed by atoms with E-state index in [2.05, 4.69) is 19.9 Å². The molecule has 2 heterocycles. The van der Waals surface area contributed by atoms with E-state index in [1.54, 1.807) is 12.3 Å². The van der Waals surface area contributed by atoms with E-state index in [0.717, 1.165) is 6.26 Å². The van der Waals surface area contributed by atoms with Crippen LogP contribution in [0, 0.1) is 0 Å². The fraction of sp³-hybridized carbons (Fsp3) is 0.154. The summed E-state index contributed by atoms with van der Waals surface area (Å²) >= 11 is 0. The molecule has 0 aliphatic heterocycles. The number of hydrogen-bond acceptors (Lipinski definition) is 7. The lowest BCUT2D eigenvalue weighted by Gasteiger charge is -2.09. The number of hydrogen-bond donors (Lipinski definition) is 1. The fourth-order valence-corrected chi connectivity index (χ4v) is 2.44. The molecule has 2 aromatic heterocycles. The first-order valence-corrected chi connectivity index (χ1v) is 8.01. The maximum atomic E-state index is 11.2. The first kappa shape index (κ1) is 14.3. The van der Waals surface area contributed by atoms with E-state index in [9.17, 15) is 8.42 Å². The second kappa shape index (κ2) is 5.26. The van der Waals surface area contributed by atoms with Gasteiger partial charge in [-0.15, -0.1) is 0 Å². The van der Waals surface area contributed by atoms with Gasteiger partial charge in [-0.1, -0.05) is 0 Å². The van der Waals surface area contributed by atoms with E-state index in [0.29, 0.717) is 28.3 Å². The smallest absolute Gasteiger partial charge is 0.306 e. The number of nitrogens with one attached hydrogen (secondary N) is 1. The van der Waals surface area contributed by atoms with Crippen LogP contribution >= 0.6 is 0 Å². The van der Waals surface area contributed by atoms with Crippen LogP contribution in [0.3, 0.4) is 0 Å². The highest BCUT2D eigenvalue weighted by Crippen LogP contribution is 2.32. The zero-order valence-corrected chi connectivity index (χ0v) is 12.6. The lowest BCUT2D eigenvalue weighted by molar-refractivity contribution is 0.413. The number of H-pyrrole nitrogens is 1. The van der Waals surface area contributed by atoms with Gasteiger partial charge in [0.15, 0.2) is 5.65 Å². The Bertz CT molecular complexity index is 903.